The summed E-state index contributed by atoms with van der Waals surface area (Å²) in [5, 5.41) is 11.5. The number of benzene rings is 1. The van der Waals surface area contributed by atoms with Crippen LogP contribution in [0.1, 0.15) is 40.0 Å². The van der Waals surface area contributed by atoms with E-state index in [2.05, 4.69) is 11.2 Å². The van der Waals surface area contributed by atoms with Gasteiger partial charge in [-0.2, -0.15) is 0 Å². The molecule has 0 atom stereocenters. The topological polar surface area (TPSA) is 66.4 Å². The Kier molecular flexibility index (Phi) is 5.46. The molecule has 94 valence electrons. The normalized spacial score (nSPS) is 9.50. The van der Waals surface area contributed by atoms with Gasteiger partial charge in [0, 0.05) is 18.5 Å². The van der Waals surface area contributed by atoms with E-state index in [9.17, 15) is 9.59 Å². The number of carboxylic acids is 1. The van der Waals surface area contributed by atoms with E-state index in [1.807, 2.05) is 0 Å². The van der Waals surface area contributed by atoms with Crippen LogP contribution in [0, 0.1) is 12.3 Å². The number of rotatable bonds is 6. The predicted molar refractivity (Wildman–Crippen MR) is 68.4 cm³/mol. The molecule has 1 aromatic rings. The number of amides is 1. The number of carbonyl (C=O) groups is 2. The monoisotopic (exact) mass is 245 g/mol. The van der Waals surface area contributed by atoms with E-state index in [0.717, 1.165) is 12.8 Å². The minimum atomic E-state index is -1.00. The van der Waals surface area contributed by atoms with Crippen molar-refractivity contribution in [1.82, 2.24) is 5.32 Å². The zero-order chi connectivity index (χ0) is 13.4. The maximum absolute atomic E-state index is 11.7. The van der Waals surface area contributed by atoms with Gasteiger partial charge in [-0.3, -0.25) is 4.79 Å². The number of unbranched alkanes of at least 4 members (excludes halogenated alkanes) is 2. The third kappa shape index (κ3) is 4.30. The molecule has 0 fully saturated rings. The van der Waals surface area contributed by atoms with Crippen molar-refractivity contribution in [3.05, 3.63) is 35.4 Å². The van der Waals surface area contributed by atoms with Crippen LogP contribution in [0.25, 0.3) is 0 Å². The molecule has 18 heavy (non-hydrogen) atoms. The van der Waals surface area contributed by atoms with Crippen molar-refractivity contribution < 1.29 is 14.7 Å². The summed E-state index contributed by atoms with van der Waals surface area (Å²) in [6.07, 6.45) is 7.55. The Bertz CT molecular complexity index is 457. The largest absolute Gasteiger partial charge is 0.478 e. The molecule has 0 aromatic heterocycles. The Balaban J connectivity index is 2.42. The quantitative estimate of drug-likeness (QED) is 0.594. The van der Waals surface area contributed by atoms with Gasteiger partial charge in [0.2, 0.25) is 0 Å². The highest BCUT2D eigenvalue weighted by atomic mass is 16.4. The lowest BCUT2D eigenvalue weighted by Crippen LogP contribution is -2.24. The van der Waals surface area contributed by atoms with Gasteiger partial charge in [-0.15, -0.1) is 12.3 Å². The molecule has 2 N–H and O–H groups in total. The van der Waals surface area contributed by atoms with Gasteiger partial charge in [-0.05, 0) is 37.1 Å². The number of carboxylic acid groups (broad SMARTS) is 1. The Hall–Kier alpha value is -2.28. The molecule has 0 saturated carbocycles. The van der Waals surface area contributed by atoms with Crippen LogP contribution in [0.2, 0.25) is 0 Å². The van der Waals surface area contributed by atoms with E-state index in [1.165, 1.54) is 24.3 Å². The van der Waals surface area contributed by atoms with Crippen molar-refractivity contribution in [3.63, 3.8) is 0 Å². The Morgan fingerprint density at radius 2 is 1.78 bits per heavy atom. The van der Waals surface area contributed by atoms with E-state index >= 15 is 0 Å². The minimum absolute atomic E-state index is 0.167. The maximum Gasteiger partial charge on any atom is 0.335 e. The molecule has 0 heterocycles. The number of nitrogens with one attached hydrogen (secondary N) is 1. The molecule has 0 unspecified atom stereocenters. The fraction of sp³-hybridized carbons (Fsp3) is 0.286. The van der Waals surface area contributed by atoms with Crippen LogP contribution in [0.5, 0.6) is 0 Å². The molecule has 0 aliphatic rings. The molecule has 1 aromatic carbocycles. The molecule has 4 heteroatoms. The van der Waals surface area contributed by atoms with Gasteiger partial charge < -0.3 is 10.4 Å². The van der Waals surface area contributed by atoms with E-state index in [1.54, 1.807) is 0 Å². The van der Waals surface area contributed by atoms with Crippen LogP contribution in [0.3, 0.4) is 0 Å². The molecule has 4 nitrogen and oxygen atoms in total. The zero-order valence-corrected chi connectivity index (χ0v) is 9.98. The van der Waals surface area contributed by atoms with Crippen molar-refractivity contribution in [2.24, 2.45) is 0 Å². The second kappa shape index (κ2) is 7.13. The molecule has 1 rings (SSSR count). The van der Waals surface area contributed by atoms with Crippen LogP contribution < -0.4 is 5.32 Å². The Labute approximate surface area is 106 Å². The van der Waals surface area contributed by atoms with Crippen LogP contribution in [-0.2, 0) is 0 Å². The second-order valence-electron chi connectivity index (χ2n) is 3.80. The van der Waals surface area contributed by atoms with Gasteiger partial charge in [0.25, 0.3) is 5.91 Å². The van der Waals surface area contributed by atoms with Gasteiger partial charge >= 0.3 is 5.97 Å². The minimum Gasteiger partial charge on any atom is -0.478 e. The highest BCUT2D eigenvalue weighted by Crippen LogP contribution is 2.04. The Morgan fingerprint density at radius 1 is 1.17 bits per heavy atom. The summed E-state index contributed by atoms with van der Waals surface area (Å²) in [6.45, 7) is 0.571. The molecule has 0 aliphatic carbocycles. The molecule has 0 spiro atoms. The van der Waals surface area contributed by atoms with E-state index in [0.29, 0.717) is 18.5 Å². The van der Waals surface area contributed by atoms with Crippen LogP contribution in [-0.4, -0.2) is 23.5 Å². The summed E-state index contributed by atoms with van der Waals surface area (Å²) in [5.74, 6) is 1.33. The lowest BCUT2D eigenvalue weighted by atomic mass is 10.1. The number of hydrogen-bond donors (Lipinski definition) is 2. The standard InChI is InChI=1S/C14H15NO3/c1-2-3-4-5-10-15-13(16)11-6-8-12(9-7-11)14(17)18/h1,6-9H,3-5,10H2,(H,15,16)(H,17,18). The number of aromatic carboxylic acids is 1. The fourth-order valence-corrected chi connectivity index (χ4v) is 1.42. The first kappa shape index (κ1) is 13.8. The van der Waals surface area contributed by atoms with Gasteiger partial charge in [-0.1, -0.05) is 0 Å². The average molecular weight is 245 g/mol. The first-order valence-corrected chi connectivity index (χ1v) is 5.70. The molecular weight excluding hydrogens is 230 g/mol. The Morgan fingerprint density at radius 3 is 2.33 bits per heavy atom. The third-order valence-electron chi connectivity index (χ3n) is 2.43. The summed E-state index contributed by atoms with van der Waals surface area (Å²) in [4.78, 5) is 22.3. The summed E-state index contributed by atoms with van der Waals surface area (Å²) in [5.41, 5.74) is 0.623. The van der Waals surface area contributed by atoms with E-state index < -0.39 is 5.97 Å². The van der Waals surface area contributed by atoms with Crippen molar-refractivity contribution in [2.45, 2.75) is 19.3 Å². The molecular formula is C14H15NO3. The lowest BCUT2D eigenvalue weighted by molar-refractivity contribution is 0.0696. The van der Waals surface area contributed by atoms with Crippen LogP contribution in [0.4, 0.5) is 0 Å². The van der Waals surface area contributed by atoms with Crippen molar-refractivity contribution in [1.29, 1.82) is 0 Å². The van der Waals surface area contributed by atoms with Crippen LogP contribution in [0.15, 0.2) is 24.3 Å². The molecule has 0 bridgehead atoms. The van der Waals surface area contributed by atoms with E-state index in [4.69, 9.17) is 11.5 Å². The van der Waals surface area contributed by atoms with Crippen molar-refractivity contribution in [2.75, 3.05) is 6.54 Å². The predicted octanol–water partition coefficient (Wildman–Crippen LogP) is 1.92. The molecule has 0 aliphatic heterocycles. The zero-order valence-electron chi connectivity index (χ0n) is 9.98. The SMILES string of the molecule is C#CCCCCNC(=O)c1ccc(C(=O)O)cc1. The number of terminal acetylenes is 1. The van der Waals surface area contributed by atoms with Gasteiger partial charge in [-0.25, -0.2) is 4.79 Å². The highest BCUT2D eigenvalue weighted by molar-refractivity contribution is 5.95. The summed E-state index contributed by atoms with van der Waals surface area (Å²) < 4.78 is 0. The van der Waals surface area contributed by atoms with Gasteiger partial charge in [0.15, 0.2) is 0 Å². The van der Waals surface area contributed by atoms with E-state index in [-0.39, 0.29) is 11.5 Å². The lowest BCUT2D eigenvalue weighted by Gasteiger charge is -2.04. The maximum atomic E-state index is 11.7. The summed E-state index contributed by atoms with van der Waals surface area (Å²) in [7, 11) is 0. The third-order valence-corrected chi connectivity index (χ3v) is 2.43. The average Bonchev–Trinajstić information content (AvgIpc) is 2.38. The molecule has 0 saturated heterocycles. The first-order chi connectivity index (χ1) is 8.65. The number of hydrogen-bond acceptors (Lipinski definition) is 2. The summed E-state index contributed by atoms with van der Waals surface area (Å²) >= 11 is 0. The van der Waals surface area contributed by atoms with Crippen LogP contribution >= 0.6 is 0 Å². The second-order valence-corrected chi connectivity index (χ2v) is 3.80. The number of carbonyl (C=O) groups excluding carboxylic acids is 1. The molecule has 0 radical (unpaired) electrons. The fourth-order valence-electron chi connectivity index (χ4n) is 1.42. The molecule has 1 amide bonds. The summed E-state index contributed by atoms with van der Waals surface area (Å²) in [6, 6.07) is 5.83. The highest BCUT2D eigenvalue weighted by Gasteiger charge is 2.06. The van der Waals surface area contributed by atoms with Gasteiger partial charge in [0.1, 0.15) is 0 Å². The van der Waals surface area contributed by atoms with Crippen molar-refractivity contribution in [3.8, 4) is 12.3 Å². The first-order valence-electron chi connectivity index (χ1n) is 5.70. The van der Waals surface area contributed by atoms with Gasteiger partial charge in [0.05, 0.1) is 5.56 Å². The smallest absolute Gasteiger partial charge is 0.335 e. The van der Waals surface area contributed by atoms with Crippen molar-refractivity contribution >= 4 is 11.9 Å².